The van der Waals surface area contributed by atoms with Crippen molar-refractivity contribution in [1.29, 1.82) is 0 Å². The van der Waals surface area contributed by atoms with Gasteiger partial charge >= 0.3 is 0 Å². The Hall–Kier alpha value is -1.63. The number of halogens is 1. The van der Waals surface area contributed by atoms with E-state index in [0.717, 1.165) is 0 Å². The summed E-state index contributed by atoms with van der Waals surface area (Å²) in [5.41, 5.74) is 6.40. The van der Waals surface area contributed by atoms with Crippen molar-refractivity contribution in [2.75, 3.05) is 6.61 Å². The zero-order valence-electron chi connectivity index (χ0n) is 14.2. The third-order valence-corrected chi connectivity index (χ3v) is 4.27. The molecule has 0 fully saturated rings. The molecule has 0 aliphatic heterocycles. The first-order valence-electron chi connectivity index (χ1n) is 8.09. The summed E-state index contributed by atoms with van der Waals surface area (Å²) in [4.78, 5) is 0. The predicted molar refractivity (Wildman–Crippen MR) is 97.1 cm³/mol. The molecule has 2 atom stereocenters. The highest BCUT2D eigenvalue weighted by Crippen LogP contribution is 2.26. The third-order valence-electron chi connectivity index (χ3n) is 4.04. The molecule has 2 aromatic carbocycles. The Morgan fingerprint density at radius 3 is 2.48 bits per heavy atom. The first-order chi connectivity index (χ1) is 11.9. The number of ether oxygens (including phenoxy) is 1. The Balaban J connectivity index is 1.97. The lowest BCUT2D eigenvalue weighted by molar-refractivity contribution is 0.0127. The maximum Gasteiger partial charge on any atom is 0.140 e. The normalized spacial score (nSPS) is 14.8. The topological polar surface area (TPSA) is 95.9 Å². The zero-order valence-corrected chi connectivity index (χ0v) is 14.9. The van der Waals surface area contributed by atoms with Gasteiger partial charge in [-0.15, -0.1) is 0 Å². The first kappa shape index (κ1) is 19.7. The van der Waals surface area contributed by atoms with Crippen LogP contribution >= 0.6 is 11.6 Å². The van der Waals surface area contributed by atoms with Gasteiger partial charge in [0.25, 0.3) is 0 Å². The molecule has 5 N–H and O–H groups in total. The van der Waals surface area contributed by atoms with E-state index in [1.807, 2.05) is 6.92 Å². The van der Waals surface area contributed by atoms with Gasteiger partial charge in [-0.1, -0.05) is 36.7 Å². The van der Waals surface area contributed by atoms with Crippen LogP contribution in [-0.4, -0.2) is 21.9 Å². The molecule has 0 heterocycles. The smallest absolute Gasteiger partial charge is 0.140 e. The number of rotatable bonds is 8. The van der Waals surface area contributed by atoms with Gasteiger partial charge in [0.15, 0.2) is 0 Å². The Morgan fingerprint density at radius 2 is 1.84 bits per heavy atom. The van der Waals surface area contributed by atoms with Crippen LogP contribution in [0.4, 0.5) is 0 Å². The number of benzene rings is 2. The monoisotopic (exact) mass is 365 g/mol. The fourth-order valence-corrected chi connectivity index (χ4v) is 2.89. The van der Waals surface area contributed by atoms with E-state index in [4.69, 9.17) is 22.1 Å². The van der Waals surface area contributed by atoms with Crippen molar-refractivity contribution in [2.45, 2.75) is 32.3 Å². The largest absolute Gasteiger partial charge is 0.493 e. The third kappa shape index (κ3) is 5.42. The van der Waals surface area contributed by atoms with Crippen LogP contribution in [0.1, 0.15) is 30.0 Å². The molecule has 0 saturated heterocycles. The van der Waals surface area contributed by atoms with Gasteiger partial charge in [-0.2, -0.15) is 0 Å². The molecule has 0 radical (unpaired) electrons. The summed E-state index contributed by atoms with van der Waals surface area (Å²) in [7, 11) is 0. The van der Waals surface area contributed by atoms with Crippen LogP contribution in [0.15, 0.2) is 42.5 Å². The van der Waals surface area contributed by atoms with Crippen molar-refractivity contribution >= 4 is 11.6 Å². The number of aliphatic hydroxyl groups is 3. The van der Waals surface area contributed by atoms with E-state index in [9.17, 15) is 15.3 Å². The second-order valence-electron chi connectivity index (χ2n) is 6.30. The lowest BCUT2D eigenvalue weighted by atomic mass is 9.93. The molecule has 6 heteroatoms. The van der Waals surface area contributed by atoms with Crippen molar-refractivity contribution in [3.05, 3.63) is 64.2 Å². The molecule has 136 valence electrons. The summed E-state index contributed by atoms with van der Waals surface area (Å²) in [6.07, 6.45) is 0.301. The van der Waals surface area contributed by atoms with E-state index in [-0.39, 0.29) is 19.1 Å². The Morgan fingerprint density at radius 1 is 1.12 bits per heavy atom. The maximum atomic E-state index is 10.5. The summed E-state index contributed by atoms with van der Waals surface area (Å²) >= 11 is 5.95. The van der Waals surface area contributed by atoms with Gasteiger partial charge in [-0.3, -0.25) is 5.73 Å². The highest BCUT2D eigenvalue weighted by atomic mass is 35.5. The Kier molecular flexibility index (Phi) is 6.81. The fourth-order valence-electron chi connectivity index (χ4n) is 2.70. The molecule has 2 aromatic rings. The standard InChI is InChI=1S/C19H24ClNO4/c1-13(9-19(21,24)16-3-2-4-17(20)8-16)12-25-18-6-5-14(10-22)15(7-18)11-23/h2-8,13,22-24H,9-12,21H2,1H3. The van der Waals surface area contributed by atoms with Crippen LogP contribution in [0.5, 0.6) is 5.75 Å². The number of nitrogens with two attached hydrogens (primary N) is 1. The highest BCUT2D eigenvalue weighted by molar-refractivity contribution is 6.30. The second-order valence-corrected chi connectivity index (χ2v) is 6.74. The number of hydrogen-bond acceptors (Lipinski definition) is 5. The van der Waals surface area contributed by atoms with Crippen LogP contribution in [0.3, 0.4) is 0 Å². The molecule has 2 unspecified atom stereocenters. The van der Waals surface area contributed by atoms with Crippen LogP contribution in [0, 0.1) is 5.92 Å². The molecule has 0 aliphatic carbocycles. The molecule has 25 heavy (non-hydrogen) atoms. The molecular formula is C19H24ClNO4. The summed E-state index contributed by atoms with van der Waals surface area (Å²) in [5, 5.41) is 29.6. The van der Waals surface area contributed by atoms with Gasteiger partial charge in [-0.25, -0.2) is 0 Å². The van der Waals surface area contributed by atoms with Crippen molar-refractivity contribution in [3.63, 3.8) is 0 Å². The molecule has 0 spiro atoms. The summed E-state index contributed by atoms with van der Waals surface area (Å²) < 4.78 is 5.73. The van der Waals surface area contributed by atoms with Crippen molar-refractivity contribution in [3.8, 4) is 5.75 Å². The van der Waals surface area contributed by atoms with E-state index in [1.165, 1.54) is 0 Å². The molecule has 0 saturated carbocycles. The average molecular weight is 366 g/mol. The fraction of sp³-hybridized carbons (Fsp3) is 0.368. The Bertz CT molecular complexity index is 706. The van der Waals surface area contributed by atoms with Gasteiger partial charge in [0, 0.05) is 5.02 Å². The first-order valence-corrected chi connectivity index (χ1v) is 8.47. The number of hydrogen-bond donors (Lipinski definition) is 4. The van der Waals surface area contributed by atoms with Crippen LogP contribution in [0.25, 0.3) is 0 Å². The summed E-state index contributed by atoms with van der Waals surface area (Å²) in [5.74, 6) is 0.570. The highest BCUT2D eigenvalue weighted by Gasteiger charge is 2.27. The van der Waals surface area contributed by atoms with E-state index >= 15 is 0 Å². The zero-order chi connectivity index (χ0) is 18.4. The lowest BCUT2D eigenvalue weighted by Crippen LogP contribution is -2.39. The van der Waals surface area contributed by atoms with Crippen molar-refractivity contribution in [1.82, 2.24) is 0 Å². The minimum absolute atomic E-state index is 0.0240. The van der Waals surface area contributed by atoms with Crippen LogP contribution in [-0.2, 0) is 18.9 Å². The van der Waals surface area contributed by atoms with Gasteiger partial charge in [0.2, 0.25) is 0 Å². The summed E-state index contributed by atoms with van der Waals surface area (Å²) in [6, 6.07) is 12.0. The van der Waals surface area contributed by atoms with Gasteiger partial charge in [-0.05, 0) is 53.3 Å². The van der Waals surface area contributed by atoms with Gasteiger partial charge < -0.3 is 20.1 Å². The van der Waals surface area contributed by atoms with Gasteiger partial charge in [0.1, 0.15) is 11.5 Å². The SMILES string of the molecule is CC(COc1ccc(CO)c(CO)c1)CC(N)(O)c1cccc(Cl)c1. The minimum Gasteiger partial charge on any atom is -0.493 e. The maximum absolute atomic E-state index is 10.5. The Labute approximate surface area is 152 Å². The number of aliphatic hydroxyl groups excluding tert-OH is 2. The quantitative estimate of drug-likeness (QED) is 0.539. The molecule has 0 bridgehead atoms. The van der Waals surface area contributed by atoms with Gasteiger partial charge in [0.05, 0.1) is 19.8 Å². The lowest BCUT2D eigenvalue weighted by Gasteiger charge is -2.27. The van der Waals surface area contributed by atoms with Crippen molar-refractivity contribution < 1.29 is 20.1 Å². The molecule has 0 aromatic heterocycles. The van der Waals surface area contributed by atoms with E-state index in [0.29, 0.717) is 40.5 Å². The second kappa shape index (κ2) is 8.65. The van der Waals surface area contributed by atoms with Crippen LogP contribution < -0.4 is 10.5 Å². The molecule has 0 aliphatic rings. The molecule has 2 rings (SSSR count). The molecule has 5 nitrogen and oxygen atoms in total. The van der Waals surface area contributed by atoms with E-state index in [1.54, 1.807) is 42.5 Å². The predicted octanol–water partition coefficient (Wildman–Crippen LogP) is 2.53. The summed E-state index contributed by atoms with van der Waals surface area (Å²) in [6.45, 7) is 1.98. The van der Waals surface area contributed by atoms with Crippen molar-refractivity contribution in [2.24, 2.45) is 11.7 Å². The molecular weight excluding hydrogens is 342 g/mol. The van der Waals surface area contributed by atoms with E-state index < -0.39 is 5.72 Å². The van der Waals surface area contributed by atoms with Crippen LogP contribution in [0.2, 0.25) is 5.02 Å². The van der Waals surface area contributed by atoms with E-state index in [2.05, 4.69) is 0 Å². The molecule has 0 amide bonds. The average Bonchev–Trinajstić information content (AvgIpc) is 2.59. The minimum atomic E-state index is -1.50.